The Kier molecular flexibility index (Phi) is 2.68. The average Bonchev–Trinajstić information content (AvgIpc) is 2.74. The van der Waals surface area contributed by atoms with E-state index in [0.717, 1.165) is 16.9 Å². The van der Waals surface area contributed by atoms with Crippen molar-refractivity contribution in [1.82, 2.24) is 9.38 Å². The summed E-state index contributed by atoms with van der Waals surface area (Å²) < 4.78 is 1.96. The second-order valence-corrected chi connectivity index (χ2v) is 4.54. The Morgan fingerprint density at radius 3 is 2.94 bits per heavy atom. The first kappa shape index (κ1) is 11.1. The van der Waals surface area contributed by atoms with Gasteiger partial charge >= 0.3 is 0 Å². The van der Waals surface area contributed by atoms with Gasteiger partial charge in [0, 0.05) is 12.6 Å². The van der Waals surface area contributed by atoms with Crippen LogP contribution in [0.2, 0.25) is 5.02 Å². The fraction of sp³-hybridized carbons (Fsp3) is 0.0714. The number of aromatic nitrogens is 2. The zero-order valence-electron chi connectivity index (χ0n) is 9.55. The minimum Gasteiger partial charge on any atom is -0.508 e. The standard InChI is InChI=1S/C14H11ClN2O/c15-12-5-2-6-17-13(12)9-16-14(17)8-10-3-1-4-11(18)7-10/h1-7,9,18H,8H2. The summed E-state index contributed by atoms with van der Waals surface area (Å²) in [5, 5.41) is 10.1. The molecule has 0 aliphatic carbocycles. The van der Waals surface area contributed by atoms with Crippen LogP contribution in [-0.2, 0) is 6.42 Å². The average molecular weight is 259 g/mol. The van der Waals surface area contributed by atoms with Gasteiger partial charge in [-0.2, -0.15) is 0 Å². The van der Waals surface area contributed by atoms with E-state index in [4.69, 9.17) is 11.6 Å². The summed E-state index contributed by atoms with van der Waals surface area (Å²) in [4.78, 5) is 4.38. The Hall–Kier alpha value is -2.00. The summed E-state index contributed by atoms with van der Waals surface area (Å²) in [7, 11) is 0. The van der Waals surface area contributed by atoms with Gasteiger partial charge in [0.1, 0.15) is 11.6 Å². The molecule has 90 valence electrons. The molecule has 3 rings (SSSR count). The van der Waals surface area contributed by atoms with E-state index in [1.807, 2.05) is 34.9 Å². The fourth-order valence-corrected chi connectivity index (χ4v) is 2.23. The first-order valence-corrected chi connectivity index (χ1v) is 6.00. The molecule has 0 atom stereocenters. The van der Waals surface area contributed by atoms with Gasteiger partial charge in [-0.1, -0.05) is 23.7 Å². The van der Waals surface area contributed by atoms with Crippen molar-refractivity contribution < 1.29 is 5.11 Å². The third-order valence-corrected chi connectivity index (χ3v) is 3.19. The molecule has 3 aromatic rings. The third kappa shape index (κ3) is 1.93. The summed E-state index contributed by atoms with van der Waals surface area (Å²) in [5.41, 5.74) is 1.91. The topological polar surface area (TPSA) is 37.5 Å². The van der Waals surface area contributed by atoms with Crippen molar-refractivity contribution in [2.75, 3.05) is 0 Å². The number of hydrogen-bond donors (Lipinski definition) is 1. The van der Waals surface area contributed by atoms with Crippen LogP contribution < -0.4 is 0 Å². The lowest BCUT2D eigenvalue weighted by molar-refractivity contribution is 0.474. The predicted octanol–water partition coefficient (Wildman–Crippen LogP) is 3.28. The maximum atomic E-state index is 9.45. The second kappa shape index (κ2) is 4.35. The highest BCUT2D eigenvalue weighted by Gasteiger charge is 2.07. The van der Waals surface area contributed by atoms with Crippen LogP contribution in [-0.4, -0.2) is 14.5 Å². The molecule has 2 heterocycles. The first-order chi connectivity index (χ1) is 8.74. The molecule has 1 N–H and O–H groups in total. The molecule has 3 nitrogen and oxygen atoms in total. The minimum atomic E-state index is 0.270. The summed E-state index contributed by atoms with van der Waals surface area (Å²) >= 11 is 6.10. The molecule has 0 bridgehead atoms. The first-order valence-electron chi connectivity index (χ1n) is 5.62. The number of halogens is 1. The Morgan fingerprint density at radius 2 is 2.11 bits per heavy atom. The maximum Gasteiger partial charge on any atom is 0.117 e. The second-order valence-electron chi connectivity index (χ2n) is 4.13. The van der Waals surface area contributed by atoms with E-state index in [1.54, 1.807) is 18.3 Å². The molecule has 0 saturated heterocycles. The molecule has 0 fully saturated rings. The zero-order valence-corrected chi connectivity index (χ0v) is 10.3. The van der Waals surface area contributed by atoms with Gasteiger partial charge in [-0.05, 0) is 29.8 Å². The number of rotatable bonds is 2. The SMILES string of the molecule is Oc1cccc(Cc2ncc3c(Cl)cccn23)c1. The predicted molar refractivity (Wildman–Crippen MR) is 71.1 cm³/mol. The Bertz CT molecular complexity index is 706. The summed E-state index contributed by atoms with van der Waals surface area (Å²) in [6.07, 6.45) is 4.36. The molecule has 18 heavy (non-hydrogen) atoms. The van der Waals surface area contributed by atoms with E-state index in [0.29, 0.717) is 11.4 Å². The molecule has 2 aromatic heterocycles. The van der Waals surface area contributed by atoms with Crippen LogP contribution in [0.15, 0.2) is 48.8 Å². The van der Waals surface area contributed by atoms with E-state index in [2.05, 4.69) is 4.98 Å². The van der Waals surface area contributed by atoms with Crippen molar-refractivity contribution >= 4 is 17.1 Å². The molecule has 0 aliphatic rings. The molecule has 1 aromatic carbocycles. The normalized spacial score (nSPS) is 10.9. The third-order valence-electron chi connectivity index (χ3n) is 2.87. The highest BCUT2D eigenvalue weighted by molar-refractivity contribution is 6.33. The van der Waals surface area contributed by atoms with Gasteiger partial charge < -0.3 is 9.51 Å². The van der Waals surface area contributed by atoms with Crippen LogP contribution in [0.3, 0.4) is 0 Å². The van der Waals surface area contributed by atoms with Crippen LogP contribution in [0.4, 0.5) is 0 Å². The van der Waals surface area contributed by atoms with Gasteiger partial charge in [-0.25, -0.2) is 4.98 Å². The zero-order chi connectivity index (χ0) is 12.5. The number of imidazole rings is 1. The number of nitrogens with zero attached hydrogens (tertiary/aromatic N) is 2. The van der Waals surface area contributed by atoms with Gasteiger partial charge in [-0.3, -0.25) is 0 Å². The van der Waals surface area contributed by atoms with Crippen LogP contribution >= 0.6 is 11.6 Å². The van der Waals surface area contributed by atoms with E-state index in [-0.39, 0.29) is 5.75 Å². The number of benzene rings is 1. The van der Waals surface area contributed by atoms with Crippen LogP contribution in [0, 0.1) is 0 Å². The van der Waals surface area contributed by atoms with Gasteiger partial charge in [-0.15, -0.1) is 0 Å². The molecular formula is C14H11ClN2O. The number of phenols is 1. The summed E-state index contributed by atoms with van der Waals surface area (Å²) in [5.74, 6) is 1.17. The molecule has 0 amide bonds. The van der Waals surface area contributed by atoms with Crippen molar-refractivity contribution in [2.45, 2.75) is 6.42 Å². The van der Waals surface area contributed by atoms with Crippen molar-refractivity contribution in [3.63, 3.8) is 0 Å². The Balaban J connectivity index is 2.03. The van der Waals surface area contributed by atoms with Gasteiger partial charge in [0.15, 0.2) is 0 Å². The number of aromatic hydroxyl groups is 1. The smallest absolute Gasteiger partial charge is 0.117 e. The fourth-order valence-electron chi connectivity index (χ4n) is 2.02. The van der Waals surface area contributed by atoms with Gasteiger partial charge in [0.05, 0.1) is 16.7 Å². The number of fused-ring (bicyclic) bond motifs is 1. The minimum absolute atomic E-state index is 0.270. The lowest BCUT2D eigenvalue weighted by atomic mass is 10.1. The van der Waals surface area contributed by atoms with Gasteiger partial charge in [0.2, 0.25) is 0 Å². The number of pyridine rings is 1. The van der Waals surface area contributed by atoms with E-state index < -0.39 is 0 Å². The largest absolute Gasteiger partial charge is 0.508 e. The maximum absolute atomic E-state index is 9.45. The molecule has 0 saturated carbocycles. The summed E-state index contributed by atoms with van der Waals surface area (Å²) in [6.45, 7) is 0. The lowest BCUT2D eigenvalue weighted by Crippen LogP contribution is -1.96. The molecule has 4 heteroatoms. The van der Waals surface area contributed by atoms with Crippen molar-refractivity contribution in [3.05, 3.63) is 65.2 Å². The van der Waals surface area contributed by atoms with Crippen molar-refractivity contribution in [1.29, 1.82) is 0 Å². The van der Waals surface area contributed by atoms with E-state index >= 15 is 0 Å². The van der Waals surface area contributed by atoms with Crippen molar-refractivity contribution in [2.24, 2.45) is 0 Å². The van der Waals surface area contributed by atoms with Crippen LogP contribution in [0.5, 0.6) is 5.75 Å². The van der Waals surface area contributed by atoms with Crippen LogP contribution in [0.25, 0.3) is 5.52 Å². The number of phenolic OH excluding ortho intramolecular Hbond substituents is 1. The van der Waals surface area contributed by atoms with Gasteiger partial charge in [0.25, 0.3) is 0 Å². The van der Waals surface area contributed by atoms with E-state index in [9.17, 15) is 5.11 Å². The highest BCUT2D eigenvalue weighted by atomic mass is 35.5. The monoisotopic (exact) mass is 258 g/mol. The lowest BCUT2D eigenvalue weighted by Gasteiger charge is -2.03. The quantitative estimate of drug-likeness (QED) is 0.766. The number of hydrogen-bond acceptors (Lipinski definition) is 2. The molecule has 0 aliphatic heterocycles. The highest BCUT2D eigenvalue weighted by Crippen LogP contribution is 2.20. The van der Waals surface area contributed by atoms with Crippen molar-refractivity contribution in [3.8, 4) is 5.75 Å². The molecule has 0 radical (unpaired) electrons. The Labute approximate surface area is 109 Å². The summed E-state index contributed by atoms with van der Waals surface area (Å²) in [6, 6.07) is 10.9. The Morgan fingerprint density at radius 1 is 1.22 bits per heavy atom. The molecule has 0 unspecified atom stereocenters. The van der Waals surface area contributed by atoms with E-state index in [1.165, 1.54) is 0 Å². The van der Waals surface area contributed by atoms with Crippen LogP contribution in [0.1, 0.15) is 11.4 Å². The molecule has 0 spiro atoms. The molecular weight excluding hydrogens is 248 g/mol.